The summed E-state index contributed by atoms with van der Waals surface area (Å²) in [6, 6.07) is 62.4. The highest BCUT2D eigenvalue weighted by Crippen LogP contribution is 2.58. The largest absolute Gasteiger partial charge is 0.208 e. The van der Waals surface area contributed by atoms with Crippen molar-refractivity contribution < 1.29 is 0 Å². The van der Waals surface area contributed by atoms with Gasteiger partial charge in [-0.15, -0.1) is 0 Å². The number of fused-ring (bicyclic) bond motifs is 9. The number of aromatic nitrogens is 3. The molecule has 0 amide bonds. The van der Waals surface area contributed by atoms with Gasteiger partial charge in [0.2, 0.25) is 0 Å². The molecule has 1 aromatic heterocycles. The maximum atomic E-state index is 5.18. The van der Waals surface area contributed by atoms with Gasteiger partial charge in [-0.05, 0) is 61.7 Å². The summed E-state index contributed by atoms with van der Waals surface area (Å²) in [5.41, 5.74) is 14.6. The lowest BCUT2D eigenvalue weighted by Crippen LogP contribution is -2.30. The van der Waals surface area contributed by atoms with Gasteiger partial charge in [-0.1, -0.05) is 182 Å². The van der Waals surface area contributed by atoms with E-state index < -0.39 is 5.41 Å². The van der Waals surface area contributed by atoms with Crippen molar-refractivity contribution in [2.45, 2.75) is 5.41 Å². The van der Waals surface area contributed by atoms with Crippen LogP contribution in [0.4, 0.5) is 0 Å². The highest BCUT2D eigenvalue weighted by atomic mass is 15.0. The van der Waals surface area contributed by atoms with Crippen molar-refractivity contribution in [1.82, 2.24) is 15.0 Å². The van der Waals surface area contributed by atoms with Crippen LogP contribution in [0, 0.1) is 0 Å². The Labute approximate surface area is 297 Å². The summed E-state index contributed by atoms with van der Waals surface area (Å²) in [6.45, 7) is 0. The first-order valence-electron chi connectivity index (χ1n) is 17.4. The molecular weight excluding hydrogens is 619 g/mol. The van der Waals surface area contributed by atoms with E-state index in [9.17, 15) is 0 Å². The molecule has 0 atom stereocenters. The monoisotopic (exact) mass is 649 g/mol. The third-order valence-corrected chi connectivity index (χ3v) is 10.4. The minimum Gasteiger partial charge on any atom is -0.208 e. The maximum absolute atomic E-state index is 5.18. The van der Waals surface area contributed by atoms with Crippen LogP contribution in [0.5, 0.6) is 0 Å². The summed E-state index contributed by atoms with van der Waals surface area (Å²) in [5.74, 6) is 1.94. The van der Waals surface area contributed by atoms with E-state index in [0.717, 1.165) is 22.3 Å². The van der Waals surface area contributed by atoms with Gasteiger partial charge in [0, 0.05) is 16.7 Å². The van der Waals surface area contributed by atoms with Gasteiger partial charge in [-0.2, -0.15) is 0 Å². The average molecular weight is 650 g/mol. The van der Waals surface area contributed by atoms with Crippen molar-refractivity contribution in [3.8, 4) is 56.4 Å². The minimum atomic E-state index is -0.524. The van der Waals surface area contributed by atoms with Crippen molar-refractivity contribution in [2.24, 2.45) is 0 Å². The lowest BCUT2D eigenvalue weighted by Gasteiger charge is -2.35. The van der Waals surface area contributed by atoms with Crippen LogP contribution in [0.1, 0.15) is 33.4 Å². The Morgan fingerprint density at radius 2 is 0.706 bits per heavy atom. The Morgan fingerprint density at radius 1 is 0.294 bits per heavy atom. The molecule has 3 heteroatoms. The highest BCUT2D eigenvalue weighted by Gasteiger charge is 2.48. The molecule has 7 aromatic carbocycles. The van der Waals surface area contributed by atoms with E-state index in [4.69, 9.17) is 15.0 Å². The van der Waals surface area contributed by atoms with Crippen molar-refractivity contribution in [1.29, 1.82) is 0 Å². The summed E-state index contributed by atoms with van der Waals surface area (Å²) in [7, 11) is 0. The lowest BCUT2D eigenvalue weighted by molar-refractivity contribution is 0.766. The van der Waals surface area contributed by atoms with Crippen molar-refractivity contribution in [3.05, 3.63) is 209 Å². The van der Waals surface area contributed by atoms with Crippen LogP contribution in [0.15, 0.2) is 176 Å². The summed E-state index contributed by atoms with van der Waals surface area (Å²) < 4.78 is 0. The van der Waals surface area contributed by atoms with E-state index in [1.807, 2.05) is 24.3 Å². The predicted molar refractivity (Wildman–Crippen MR) is 208 cm³/mol. The first-order chi connectivity index (χ1) is 25.3. The third-order valence-electron chi connectivity index (χ3n) is 10.4. The molecule has 8 aromatic rings. The van der Waals surface area contributed by atoms with E-state index in [1.54, 1.807) is 0 Å². The molecule has 238 valence electrons. The lowest BCUT2D eigenvalue weighted by atomic mass is 9.66. The second kappa shape index (κ2) is 11.7. The van der Waals surface area contributed by atoms with Gasteiger partial charge < -0.3 is 0 Å². The number of nitrogens with zero attached hydrogens (tertiary/aromatic N) is 3. The van der Waals surface area contributed by atoms with Gasteiger partial charge in [0.05, 0.1) is 5.41 Å². The topological polar surface area (TPSA) is 38.7 Å². The molecule has 0 saturated carbocycles. The zero-order chi connectivity index (χ0) is 33.8. The number of hydrogen-bond donors (Lipinski definition) is 0. The second-order valence-electron chi connectivity index (χ2n) is 13.2. The molecular formula is C48H31N3. The van der Waals surface area contributed by atoms with Crippen molar-refractivity contribution in [3.63, 3.8) is 0 Å². The average Bonchev–Trinajstić information content (AvgIpc) is 3.41. The molecule has 0 N–H and O–H groups in total. The first-order valence-corrected chi connectivity index (χ1v) is 17.4. The van der Waals surface area contributed by atoms with Gasteiger partial charge in [-0.25, -0.2) is 15.0 Å². The SMILES string of the molecule is C1=Cc2ccccc2C2(c3ccccc31)c1ccccc1-c1ccc(-c3nc(-c4ccccc4)nc(-c4ccc(-c5ccccc5)cc4)n3)cc12. The molecule has 0 fully saturated rings. The van der Waals surface area contributed by atoms with Crippen LogP contribution < -0.4 is 0 Å². The normalized spacial score (nSPS) is 13.2. The molecule has 0 bridgehead atoms. The van der Waals surface area contributed by atoms with Crippen molar-refractivity contribution in [2.75, 3.05) is 0 Å². The van der Waals surface area contributed by atoms with E-state index >= 15 is 0 Å². The molecule has 1 spiro atoms. The minimum absolute atomic E-state index is 0.524. The van der Waals surface area contributed by atoms with Crippen LogP contribution in [0.2, 0.25) is 0 Å². The fraction of sp³-hybridized carbons (Fsp3) is 0.0208. The molecule has 1 heterocycles. The third kappa shape index (κ3) is 4.63. The van der Waals surface area contributed by atoms with E-state index in [-0.39, 0.29) is 0 Å². The van der Waals surface area contributed by atoms with Crippen LogP contribution in [0.25, 0.3) is 68.6 Å². The van der Waals surface area contributed by atoms with Gasteiger partial charge in [-0.3, -0.25) is 0 Å². The fourth-order valence-electron chi connectivity index (χ4n) is 8.08. The Bertz CT molecular complexity index is 2570. The molecule has 3 nitrogen and oxygen atoms in total. The molecule has 51 heavy (non-hydrogen) atoms. The summed E-state index contributed by atoms with van der Waals surface area (Å²) >= 11 is 0. The molecule has 2 aliphatic carbocycles. The molecule has 2 aliphatic rings. The van der Waals surface area contributed by atoms with E-state index in [1.165, 1.54) is 50.1 Å². The van der Waals surface area contributed by atoms with Crippen LogP contribution in [0.3, 0.4) is 0 Å². The van der Waals surface area contributed by atoms with Gasteiger partial charge in [0.1, 0.15) is 0 Å². The van der Waals surface area contributed by atoms with Gasteiger partial charge in [0.15, 0.2) is 17.5 Å². The highest BCUT2D eigenvalue weighted by molar-refractivity contribution is 5.92. The molecule has 10 rings (SSSR count). The second-order valence-corrected chi connectivity index (χ2v) is 13.2. The Kier molecular flexibility index (Phi) is 6.71. The zero-order valence-electron chi connectivity index (χ0n) is 27.7. The number of rotatable bonds is 4. The standard InChI is InChI=1S/C48H31N3/c1-3-13-32(14-4-1)33-23-27-37(28-24-33)46-49-45(36-17-5-2-6-18-36)50-47(51-46)38-29-30-40-39-19-9-12-22-43(39)48(44(40)31-38)41-20-10-7-15-34(41)25-26-35-16-8-11-21-42(35)48/h1-31H. The molecule has 0 unspecified atom stereocenters. The summed E-state index contributed by atoms with van der Waals surface area (Å²) in [6.07, 6.45) is 4.53. The predicted octanol–water partition coefficient (Wildman–Crippen LogP) is 11.4. The van der Waals surface area contributed by atoms with Crippen LogP contribution in [-0.4, -0.2) is 15.0 Å². The van der Waals surface area contributed by atoms with E-state index in [0.29, 0.717) is 17.5 Å². The Morgan fingerprint density at radius 3 is 1.33 bits per heavy atom. The quantitative estimate of drug-likeness (QED) is 0.190. The van der Waals surface area contributed by atoms with Crippen LogP contribution >= 0.6 is 0 Å². The van der Waals surface area contributed by atoms with Crippen LogP contribution in [-0.2, 0) is 5.41 Å². The zero-order valence-corrected chi connectivity index (χ0v) is 27.7. The fourth-order valence-corrected chi connectivity index (χ4v) is 8.08. The number of benzene rings is 7. The number of hydrogen-bond acceptors (Lipinski definition) is 3. The van der Waals surface area contributed by atoms with Gasteiger partial charge >= 0.3 is 0 Å². The van der Waals surface area contributed by atoms with E-state index in [2.05, 4.69) is 164 Å². The Balaban J connectivity index is 1.20. The summed E-state index contributed by atoms with van der Waals surface area (Å²) in [5, 5.41) is 0. The summed E-state index contributed by atoms with van der Waals surface area (Å²) in [4.78, 5) is 15.4. The molecule has 0 saturated heterocycles. The molecule has 0 radical (unpaired) electrons. The van der Waals surface area contributed by atoms with Gasteiger partial charge in [0.25, 0.3) is 0 Å². The molecule has 0 aliphatic heterocycles. The first kappa shape index (κ1) is 29.2. The van der Waals surface area contributed by atoms with Crippen molar-refractivity contribution >= 4 is 12.2 Å². The maximum Gasteiger partial charge on any atom is 0.164 e. The Hall–Kier alpha value is -6.71. The smallest absolute Gasteiger partial charge is 0.164 e.